The number of hydrogen-bond donors (Lipinski definition) is 1. The van der Waals surface area contributed by atoms with Crippen molar-refractivity contribution in [2.45, 2.75) is 44.3 Å². The molecule has 2 heterocycles. The van der Waals surface area contributed by atoms with Gasteiger partial charge in [0.05, 0.1) is 24.8 Å². The van der Waals surface area contributed by atoms with E-state index in [9.17, 15) is 9.59 Å². The lowest BCUT2D eigenvalue weighted by Gasteiger charge is -2.42. The van der Waals surface area contributed by atoms with Gasteiger partial charge in [-0.25, -0.2) is 0 Å². The lowest BCUT2D eigenvalue weighted by Crippen LogP contribution is -2.48. The van der Waals surface area contributed by atoms with Crippen LogP contribution >= 0.6 is 0 Å². The highest BCUT2D eigenvalue weighted by atomic mass is 16.3. The maximum atomic E-state index is 13.5. The molecule has 1 fully saturated rings. The molecule has 5 rings (SSSR count). The van der Waals surface area contributed by atoms with Crippen molar-refractivity contribution in [3.8, 4) is 0 Å². The van der Waals surface area contributed by atoms with Crippen molar-refractivity contribution in [1.82, 2.24) is 10.2 Å². The van der Waals surface area contributed by atoms with Gasteiger partial charge in [-0.2, -0.15) is 0 Å². The SMILES string of the molecule is Cc1cccc(C2C(C(=O)NCc3ccco3)c3ccccc3C(=O)N2C2CC2)c1. The van der Waals surface area contributed by atoms with Gasteiger partial charge in [-0.15, -0.1) is 0 Å². The highest BCUT2D eigenvalue weighted by molar-refractivity contribution is 6.01. The molecule has 152 valence electrons. The van der Waals surface area contributed by atoms with Crippen LogP contribution in [0.15, 0.2) is 71.3 Å². The van der Waals surface area contributed by atoms with Gasteiger partial charge in [0.2, 0.25) is 5.91 Å². The van der Waals surface area contributed by atoms with Gasteiger partial charge in [0, 0.05) is 11.6 Å². The summed E-state index contributed by atoms with van der Waals surface area (Å²) in [7, 11) is 0. The number of hydrogen-bond acceptors (Lipinski definition) is 3. The van der Waals surface area contributed by atoms with E-state index in [2.05, 4.69) is 11.4 Å². The Morgan fingerprint density at radius 3 is 2.67 bits per heavy atom. The summed E-state index contributed by atoms with van der Waals surface area (Å²) in [5, 5.41) is 3.03. The minimum atomic E-state index is -0.476. The first kappa shape index (κ1) is 18.7. The average molecular weight is 400 g/mol. The van der Waals surface area contributed by atoms with Gasteiger partial charge in [0.1, 0.15) is 5.76 Å². The Balaban J connectivity index is 1.59. The van der Waals surface area contributed by atoms with Crippen molar-refractivity contribution in [2.24, 2.45) is 0 Å². The molecule has 5 nitrogen and oxygen atoms in total. The minimum absolute atomic E-state index is 0.0229. The monoisotopic (exact) mass is 400 g/mol. The predicted molar refractivity (Wildman–Crippen MR) is 113 cm³/mol. The largest absolute Gasteiger partial charge is 0.467 e. The Hall–Kier alpha value is -3.34. The van der Waals surface area contributed by atoms with Gasteiger partial charge in [-0.1, -0.05) is 48.0 Å². The summed E-state index contributed by atoms with van der Waals surface area (Å²) in [5.74, 6) is 0.157. The third-order valence-electron chi connectivity index (χ3n) is 6.00. The van der Waals surface area contributed by atoms with Crippen LogP contribution in [-0.2, 0) is 11.3 Å². The van der Waals surface area contributed by atoms with Gasteiger partial charge in [0.25, 0.3) is 5.91 Å². The van der Waals surface area contributed by atoms with Gasteiger partial charge < -0.3 is 14.6 Å². The Morgan fingerprint density at radius 2 is 1.93 bits per heavy atom. The fraction of sp³-hybridized carbons (Fsp3) is 0.280. The normalized spacial score (nSPS) is 20.7. The fourth-order valence-electron chi connectivity index (χ4n) is 4.49. The Morgan fingerprint density at radius 1 is 1.10 bits per heavy atom. The average Bonchev–Trinajstić information content (AvgIpc) is 3.45. The lowest BCUT2D eigenvalue weighted by molar-refractivity contribution is -0.124. The molecule has 1 N–H and O–H groups in total. The Labute approximate surface area is 175 Å². The van der Waals surface area contributed by atoms with Crippen LogP contribution in [0.3, 0.4) is 0 Å². The standard InChI is InChI=1S/C25H24N2O3/c1-16-6-4-7-17(14-16)23-22(24(28)26-15-19-8-5-13-30-19)20-9-2-3-10-21(20)25(29)27(23)18-11-12-18/h2-10,13-14,18,22-23H,11-12,15H2,1H3,(H,26,28). The molecular formula is C25H24N2O3. The zero-order chi connectivity index (χ0) is 20.7. The fourth-order valence-corrected chi connectivity index (χ4v) is 4.49. The first-order valence-electron chi connectivity index (χ1n) is 10.4. The summed E-state index contributed by atoms with van der Waals surface area (Å²) in [6.45, 7) is 2.36. The van der Waals surface area contributed by atoms with E-state index in [0.717, 1.165) is 29.5 Å². The molecule has 5 heteroatoms. The van der Waals surface area contributed by atoms with E-state index in [1.54, 1.807) is 12.3 Å². The van der Waals surface area contributed by atoms with E-state index in [-0.39, 0.29) is 23.9 Å². The molecule has 1 aliphatic carbocycles. The second-order valence-electron chi connectivity index (χ2n) is 8.16. The van der Waals surface area contributed by atoms with Gasteiger partial charge in [-0.3, -0.25) is 9.59 Å². The highest BCUT2D eigenvalue weighted by Crippen LogP contribution is 2.47. The van der Waals surface area contributed by atoms with Gasteiger partial charge in [0.15, 0.2) is 0 Å². The van der Waals surface area contributed by atoms with Crippen molar-refractivity contribution in [3.63, 3.8) is 0 Å². The second kappa shape index (κ2) is 7.48. The summed E-state index contributed by atoms with van der Waals surface area (Å²) in [4.78, 5) is 28.9. The summed E-state index contributed by atoms with van der Waals surface area (Å²) in [5.41, 5.74) is 3.54. The number of aryl methyl sites for hydroxylation is 1. The molecule has 3 aromatic rings. The molecule has 1 saturated carbocycles. The van der Waals surface area contributed by atoms with E-state index < -0.39 is 5.92 Å². The van der Waals surface area contributed by atoms with Crippen LogP contribution in [-0.4, -0.2) is 22.8 Å². The molecular weight excluding hydrogens is 376 g/mol. The van der Waals surface area contributed by atoms with Crippen LogP contribution in [0.25, 0.3) is 0 Å². The molecule has 1 aliphatic heterocycles. The number of amides is 2. The Bertz CT molecular complexity index is 1090. The summed E-state index contributed by atoms with van der Waals surface area (Å²) >= 11 is 0. The molecule has 2 atom stereocenters. The van der Waals surface area contributed by atoms with Gasteiger partial charge >= 0.3 is 0 Å². The number of furan rings is 1. The summed E-state index contributed by atoms with van der Waals surface area (Å²) in [6, 6.07) is 19.2. The molecule has 0 radical (unpaired) electrons. The van der Waals surface area contributed by atoms with Gasteiger partial charge in [-0.05, 0) is 49.1 Å². The molecule has 2 aliphatic rings. The number of carbonyl (C=O) groups is 2. The predicted octanol–water partition coefficient (Wildman–Crippen LogP) is 4.35. The van der Waals surface area contributed by atoms with Crippen LogP contribution in [0, 0.1) is 6.92 Å². The molecule has 2 amide bonds. The number of nitrogens with zero attached hydrogens (tertiary/aromatic N) is 1. The van der Waals surface area contributed by atoms with E-state index in [0.29, 0.717) is 17.9 Å². The number of benzene rings is 2. The third-order valence-corrected chi connectivity index (χ3v) is 6.00. The van der Waals surface area contributed by atoms with E-state index >= 15 is 0 Å². The maximum absolute atomic E-state index is 13.5. The Kier molecular flexibility index (Phi) is 4.66. The van der Waals surface area contributed by atoms with Crippen molar-refractivity contribution in [1.29, 1.82) is 0 Å². The molecule has 1 aromatic heterocycles. The van der Waals surface area contributed by atoms with E-state index in [4.69, 9.17) is 4.42 Å². The summed E-state index contributed by atoms with van der Waals surface area (Å²) in [6.07, 6.45) is 3.56. The van der Waals surface area contributed by atoms with Crippen LogP contribution < -0.4 is 5.32 Å². The first-order valence-corrected chi connectivity index (χ1v) is 10.4. The molecule has 30 heavy (non-hydrogen) atoms. The van der Waals surface area contributed by atoms with Crippen LogP contribution in [0.4, 0.5) is 0 Å². The van der Waals surface area contributed by atoms with Crippen LogP contribution in [0.2, 0.25) is 0 Å². The quantitative estimate of drug-likeness (QED) is 0.693. The van der Waals surface area contributed by atoms with Crippen LogP contribution in [0.1, 0.15) is 57.6 Å². The van der Waals surface area contributed by atoms with Crippen LogP contribution in [0.5, 0.6) is 0 Å². The molecule has 2 unspecified atom stereocenters. The molecule has 0 saturated heterocycles. The summed E-state index contributed by atoms with van der Waals surface area (Å²) < 4.78 is 5.38. The topological polar surface area (TPSA) is 62.6 Å². The zero-order valence-corrected chi connectivity index (χ0v) is 16.9. The van der Waals surface area contributed by atoms with E-state index in [1.807, 2.05) is 60.4 Å². The minimum Gasteiger partial charge on any atom is -0.467 e. The molecule has 0 spiro atoms. The first-order chi connectivity index (χ1) is 14.6. The highest BCUT2D eigenvalue weighted by Gasteiger charge is 2.48. The molecule has 0 bridgehead atoms. The zero-order valence-electron chi connectivity index (χ0n) is 16.9. The maximum Gasteiger partial charge on any atom is 0.254 e. The number of carbonyl (C=O) groups excluding carboxylic acids is 2. The molecule has 2 aromatic carbocycles. The van der Waals surface area contributed by atoms with Crippen molar-refractivity contribution in [3.05, 3.63) is 94.9 Å². The van der Waals surface area contributed by atoms with Crippen molar-refractivity contribution < 1.29 is 14.0 Å². The number of fused-ring (bicyclic) bond motifs is 1. The van der Waals surface area contributed by atoms with E-state index in [1.165, 1.54) is 0 Å². The lowest BCUT2D eigenvalue weighted by atomic mass is 9.78. The van der Waals surface area contributed by atoms with Crippen molar-refractivity contribution in [2.75, 3.05) is 0 Å². The number of rotatable bonds is 5. The smallest absolute Gasteiger partial charge is 0.254 e. The third kappa shape index (κ3) is 3.30. The second-order valence-corrected chi connectivity index (χ2v) is 8.16. The number of nitrogens with one attached hydrogen (secondary N) is 1. The van der Waals surface area contributed by atoms with Crippen molar-refractivity contribution >= 4 is 11.8 Å².